The summed E-state index contributed by atoms with van der Waals surface area (Å²) < 4.78 is 0. The second-order valence-corrected chi connectivity index (χ2v) is 5.17. The van der Waals surface area contributed by atoms with Crippen molar-refractivity contribution in [1.29, 1.82) is 0 Å². The van der Waals surface area contributed by atoms with E-state index in [1.807, 2.05) is 31.2 Å². The Kier molecular flexibility index (Phi) is 7.71. The summed E-state index contributed by atoms with van der Waals surface area (Å²) in [5, 5.41) is 6.06. The molecule has 0 spiro atoms. The normalized spacial score (nSPS) is 13.9. The second kappa shape index (κ2) is 9.27. The van der Waals surface area contributed by atoms with Crippen LogP contribution in [0.15, 0.2) is 24.3 Å². The van der Waals surface area contributed by atoms with Crippen molar-refractivity contribution in [2.45, 2.75) is 32.7 Å². The van der Waals surface area contributed by atoms with Gasteiger partial charge < -0.3 is 10.6 Å². The zero-order chi connectivity index (χ0) is 15.9. The molecule has 0 unspecified atom stereocenters. The van der Waals surface area contributed by atoms with Gasteiger partial charge in [-0.05, 0) is 18.2 Å². The first-order valence-corrected chi connectivity index (χ1v) is 7.53. The fourth-order valence-electron chi connectivity index (χ4n) is 2.35. The monoisotopic (exact) mass is 339 g/mol. The Balaban J connectivity index is 0.00000264. The minimum Gasteiger partial charge on any atom is -0.326 e. The maximum absolute atomic E-state index is 12.0. The number of likely N-dealkylation sites (tertiary alicyclic amines) is 1. The molecule has 0 radical (unpaired) electrons. The van der Waals surface area contributed by atoms with Crippen LogP contribution in [0.25, 0.3) is 0 Å². The number of imide groups is 1. The average Bonchev–Trinajstić information content (AvgIpc) is 2.83. The second-order valence-electron chi connectivity index (χ2n) is 5.17. The van der Waals surface area contributed by atoms with E-state index in [-0.39, 0.29) is 55.9 Å². The molecule has 2 rings (SSSR count). The number of benzene rings is 1. The Morgan fingerprint density at radius 1 is 1.17 bits per heavy atom. The lowest BCUT2D eigenvalue weighted by Crippen LogP contribution is -2.32. The van der Waals surface area contributed by atoms with Gasteiger partial charge in [0.25, 0.3) is 0 Å². The molecule has 0 atom stereocenters. The number of amides is 3. The van der Waals surface area contributed by atoms with E-state index in [9.17, 15) is 14.4 Å². The molecule has 0 saturated carbocycles. The first-order valence-electron chi connectivity index (χ1n) is 7.53. The Morgan fingerprint density at radius 2 is 1.83 bits per heavy atom. The van der Waals surface area contributed by atoms with Gasteiger partial charge in [-0.15, -0.1) is 12.4 Å². The maximum Gasteiger partial charge on any atom is 0.229 e. The van der Waals surface area contributed by atoms with Crippen molar-refractivity contribution in [3.8, 4) is 0 Å². The van der Waals surface area contributed by atoms with Crippen molar-refractivity contribution in [2.24, 2.45) is 0 Å². The van der Waals surface area contributed by atoms with Crippen LogP contribution in [0, 0.1) is 0 Å². The topological polar surface area (TPSA) is 78.5 Å². The van der Waals surface area contributed by atoms with Crippen LogP contribution < -0.4 is 10.6 Å². The average molecular weight is 340 g/mol. The lowest BCUT2D eigenvalue weighted by atomic mass is 10.1. The lowest BCUT2D eigenvalue weighted by Gasteiger charge is -2.14. The quantitative estimate of drug-likeness (QED) is 0.741. The molecule has 23 heavy (non-hydrogen) atoms. The zero-order valence-electron chi connectivity index (χ0n) is 13.1. The van der Waals surface area contributed by atoms with Crippen LogP contribution in [0.2, 0.25) is 0 Å². The third-order valence-corrected chi connectivity index (χ3v) is 3.57. The molecule has 1 aliphatic rings. The van der Waals surface area contributed by atoms with Gasteiger partial charge >= 0.3 is 0 Å². The van der Waals surface area contributed by atoms with Gasteiger partial charge in [-0.1, -0.05) is 25.1 Å². The third kappa shape index (κ3) is 5.33. The fraction of sp³-hybridized carbons (Fsp3) is 0.438. The highest BCUT2D eigenvalue weighted by molar-refractivity contribution is 6.02. The van der Waals surface area contributed by atoms with Gasteiger partial charge in [0.15, 0.2) is 0 Å². The van der Waals surface area contributed by atoms with E-state index in [0.29, 0.717) is 6.54 Å². The van der Waals surface area contributed by atoms with E-state index in [1.54, 1.807) is 0 Å². The Hall–Kier alpha value is -1.92. The molecule has 1 aromatic rings. The summed E-state index contributed by atoms with van der Waals surface area (Å²) in [6.07, 6.45) is 0.630. The number of carbonyl (C=O) groups is 3. The molecule has 7 heteroatoms. The smallest absolute Gasteiger partial charge is 0.229 e. The Bertz CT molecular complexity index is 561. The summed E-state index contributed by atoms with van der Waals surface area (Å²) >= 11 is 0. The van der Waals surface area contributed by atoms with Gasteiger partial charge in [-0.3, -0.25) is 19.3 Å². The van der Waals surface area contributed by atoms with Crippen LogP contribution in [-0.2, 0) is 20.9 Å². The Morgan fingerprint density at radius 3 is 2.48 bits per heavy atom. The van der Waals surface area contributed by atoms with Crippen molar-refractivity contribution >= 4 is 35.8 Å². The zero-order valence-corrected chi connectivity index (χ0v) is 13.9. The summed E-state index contributed by atoms with van der Waals surface area (Å²) in [7, 11) is 0. The molecule has 126 valence electrons. The van der Waals surface area contributed by atoms with Gasteiger partial charge in [0.1, 0.15) is 0 Å². The molecule has 0 bridgehead atoms. The lowest BCUT2D eigenvalue weighted by molar-refractivity contribution is -0.138. The van der Waals surface area contributed by atoms with Gasteiger partial charge in [-0.2, -0.15) is 0 Å². The molecule has 0 aliphatic carbocycles. The highest BCUT2D eigenvalue weighted by Crippen LogP contribution is 2.16. The number of nitrogens with zero attached hydrogens (tertiary/aromatic N) is 1. The summed E-state index contributed by atoms with van der Waals surface area (Å²) in [6.45, 7) is 3.70. The molecule has 0 aromatic heterocycles. The molecule has 1 aliphatic heterocycles. The number of hydrogen-bond donors (Lipinski definition) is 2. The highest BCUT2D eigenvalue weighted by Gasteiger charge is 2.28. The van der Waals surface area contributed by atoms with E-state index in [1.165, 1.54) is 4.90 Å². The van der Waals surface area contributed by atoms with Crippen LogP contribution in [-0.4, -0.2) is 35.7 Å². The molecule has 6 nitrogen and oxygen atoms in total. The minimum absolute atomic E-state index is 0. The Labute approximate surface area is 142 Å². The molecule has 1 heterocycles. The molecule has 1 aromatic carbocycles. The first kappa shape index (κ1) is 19.1. The van der Waals surface area contributed by atoms with Gasteiger partial charge in [0.2, 0.25) is 17.7 Å². The molecule has 3 amide bonds. The van der Waals surface area contributed by atoms with Crippen LogP contribution in [0.1, 0.15) is 31.7 Å². The maximum atomic E-state index is 12.0. The largest absolute Gasteiger partial charge is 0.326 e. The van der Waals surface area contributed by atoms with Crippen molar-refractivity contribution in [3.05, 3.63) is 29.8 Å². The van der Waals surface area contributed by atoms with Crippen LogP contribution in [0.5, 0.6) is 0 Å². The van der Waals surface area contributed by atoms with E-state index >= 15 is 0 Å². The van der Waals surface area contributed by atoms with E-state index in [4.69, 9.17) is 0 Å². The third-order valence-electron chi connectivity index (χ3n) is 3.57. The fourth-order valence-corrected chi connectivity index (χ4v) is 2.35. The molecule has 1 fully saturated rings. The van der Waals surface area contributed by atoms with Crippen molar-refractivity contribution in [1.82, 2.24) is 10.2 Å². The first-order chi connectivity index (χ1) is 10.6. The predicted octanol–water partition coefficient (Wildman–Crippen LogP) is 1.70. The summed E-state index contributed by atoms with van der Waals surface area (Å²) in [4.78, 5) is 36.2. The van der Waals surface area contributed by atoms with Crippen LogP contribution >= 0.6 is 12.4 Å². The van der Waals surface area contributed by atoms with Crippen LogP contribution in [0.3, 0.4) is 0 Å². The minimum atomic E-state index is -0.198. The van der Waals surface area contributed by atoms with Gasteiger partial charge in [0, 0.05) is 38.0 Å². The number of carbonyl (C=O) groups excluding carboxylic acids is 3. The number of para-hydroxylation sites is 1. The molecular formula is C16H22ClN3O3. The van der Waals surface area contributed by atoms with E-state index in [0.717, 1.165) is 17.8 Å². The highest BCUT2D eigenvalue weighted by atomic mass is 35.5. The van der Waals surface area contributed by atoms with Crippen molar-refractivity contribution < 1.29 is 14.4 Å². The number of nitrogens with one attached hydrogen (secondary N) is 2. The molecular weight excluding hydrogens is 318 g/mol. The number of hydrogen-bond acceptors (Lipinski definition) is 4. The molecule has 1 saturated heterocycles. The molecule has 2 N–H and O–H groups in total. The van der Waals surface area contributed by atoms with Crippen LogP contribution in [0.4, 0.5) is 5.69 Å². The summed E-state index contributed by atoms with van der Waals surface area (Å²) in [5.41, 5.74) is 1.76. The van der Waals surface area contributed by atoms with E-state index < -0.39 is 0 Å². The summed E-state index contributed by atoms with van der Waals surface area (Å²) in [6, 6.07) is 7.57. The van der Waals surface area contributed by atoms with E-state index in [2.05, 4.69) is 10.6 Å². The van der Waals surface area contributed by atoms with Crippen molar-refractivity contribution in [3.63, 3.8) is 0 Å². The van der Waals surface area contributed by atoms with Gasteiger partial charge in [0.05, 0.1) is 0 Å². The number of halogens is 1. The summed E-state index contributed by atoms with van der Waals surface area (Å²) in [5.74, 6) is -0.577. The number of anilines is 1. The standard InChI is InChI=1S/C16H21N3O3.ClH/c1-2-17-11-12-5-3-4-6-13(12)18-14(20)9-10-19-15(21)7-8-16(19)22;/h3-6,17H,2,7-11H2,1H3,(H,18,20);1H. The number of rotatable bonds is 7. The predicted molar refractivity (Wildman–Crippen MR) is 90.3 cm³/mol. The SMILES string of the molecule is CCNCc1ccccc1NC(=O)CCN1C(=O)CCC1=O.Cl. The van der Waals surface area contributed by atoms with Gasteiger partial charge in [-0.25, -0.2) is 0 Å². The van der Waals surface area contributed by atoms with Crippen molar-refractivity contribution in [2.75, 3.05) is 18.4 Å².